The first-order valence-electron chi connectivity index (χ1n) is 7.72. The normalized spacial score (nSPS) is 32.6. The van der Waals surface area contributed by atoms with Crippen LogP contribution in [0.3, 0.4) is 0 Å². The molecule has 19 heavy (non-hydrogen) atoms. The van der Waals surface area contributed by atoms with Gasteiger partial charge in [0.05, 0.1) is 0 Å². The van der Waals surface area contributed by atoms with Crippen LogP contribution in [0.2, 0.25) is 0 Å². The third kappa shape index (κ3) is 3.21. The predicted octanol–water partition coefficient (Wildman–Crippen LogP) is 3.14. The van der Waals surface area contributed by atoms with Crippen molar-refractivity contribution >= 4 is 11.3 Å². The zero-order chi connectivity index (χ0) is 13.3. The second-order valence-electron chi connectivity index (χ2n) is 6.50. The molecule has 1 aliphatic heterocycles. The lowest BCUT2D eigenvalue weighted by Gasteiger charge is -2.46. The molecule has 0 amide bonds. The first kappa shape index (κ1) is 13.6. The lowest BCUT2D eigenvalue weighted by atomic mass is 9.92. The van der Waals surface area contributed by atoms with Crippen LogP contribution in [0, 0.1) is 5.92 Å². The van der Waals surface area contributed by atoms with E-state index < -0.39 is 0 Å². The van der Waals surface area contributed by atoms with Crippen LogP contribution in [-0.2, 0) is 6.42 Å². The molecule has 3 rings (SSSR count). The molecular weight excluding hydrogens is 252 g/mol. The van der Waals surface area contributed by atoms with Crippen LogP contribution in [0.1, 0.15) is 38.0 Å². The Hall–Kier alpha value is -0.380. The Morgan fingerprint density at radius 2 is 2.32 bits per heavy atom. The van der Waals surface area contributed by atoms with Gasteiger partial charge in [-0.15, -0.1) is 11.3 Å². The molecule has 106 valence electrons. The Morgan fingerprint density at radius 3 is 2.95 bits per heavy atom. The van der Waals surface area contributed by atoms with Gasteiger partial charge < -0.3 is 5.32 Å². The highest BCUT2D eigenvalue weighted by Crippen LogP contribution is 2.37. The Labute approximate surface area is 121 Å². The topological polar surface area (TPSA) is 15.3 Å². The Kier molecular flexibility index (Phi) is 3.97. The summed E-state index contributed by atoms with van der Waals surface area (Å²) in [5, 5.41) is 6.00. The summed E-state index contributed by atoms with van der Waals surface area (Å²) < 4.78 is 0. The van der Waals surface area contributed by atoms with Gasteiger partial charge in [0, 0.05) is 36.1 Å². The molecule has 1 aliphatic carbocycles. The highest BCUT2D eigenvalue weighted by Gasteiger charge is 2.41. The molecule has 0 spiro atoms. The number of hydrogen-bond donors (Lipinski definition) is 1. The minimum absolute atomic E-state index is 0.320. The van der Waals surface area contributed by atoms with E-state index in [9.17, 15) is 0 Å². The maximum Gasteiger partial charge on any atom is 0.0278 e. The molecule has 1 saturated carbocycles. The zero-order valence-electron chi connectivity index (χ0n) is 12.2. The quantitative estimate of drug-likeness (QED) is 0.890. The van der Waals surface area contributed by atoms with Gasteiger partial charge in [0.2, 0.25) is 0 Å². The summed E-state index contributed by atoms with van der Waals surface area (Å²) in [6.45, 7) is 8.34. The van der Waals surface area contributed by atoms with Gasteiger partial charge in [-0.05, 0) is 50.0 Å². The zero-order valence-corrected chi connectivity index (χ0v) is 13.0. The average Bonchev–Trinajstić information content (AvgIpc) is 3.12. The van der Waals surface area contributed by atoms with Crippen molar-refractivity contribution in [3.8, 4) is 0 Å². The largest absolute Gasteiger partial charge is 0.309 e. The lowest BCUT2D eigenvalue weighted by molar-refractivity contribution is 0.0740. The van der Waals surface area contributed by atoms with E-state index in [-0.39, 0.29) is 0 Å². The summed E-state index contributed by atoms with van der Waals surface area (Å²) in [5.74, 6) is 0.970. The predicted molar refractivity (Wildman–Crippen MR) is 82.8 cm³/mol. The van der Waals surface area contributed by atoms with E-state index in [0.29, 0.717) is 5.54 Å². The molecule has 1 aromatic rings. The van der Waals surface area contributed by atoms with Crippen molar-refractivity contribution in [3.63, 3.8) is 0 Å². The second-order valence-corrected chi connectivity index (χ2v) is 7.53. The number of hydrogen-bond acceptors (Lipinski definition) is 3. The molecule has 1 aromatic heterocycles. The van der Waals surface area contributed by atoms with Crippen molar-refractivity contribution in [1.82, 2.24) is 10.2 Å². The molecule has 0 radical (unpaired) electrons. The molecule has 3 heteroatoms. The molecule has 2 nitrogen and oxygen atoms in total. The van der Waals surface area contributed by atoms with E-state index in [4.69, 9.17) is 0 Å². The first-order valence-corrected chi connectivity index (χ1v) is 8.59. The fourth-order valence-electron chi connectivity index (χ4n) is 3.24. The van der Waals surface area contributed by atoms with Gasteiger partial charge >= 0.3 is 0 Å². The van der Waals surface area contributed by atoms with E-state index in [1.165, 1.54) is 50.2 Å². The van der Waals surface area contributed by atoms with Gasteiger partial charge in [-0.1, -0.05) is 13.0 Å². The number of nitrogens with zero attached hydrogens (tertiary/aromatic N) is 1. The van der Waals surface area contributed by atoms with Crippen LogP contribution in [-0.4, -0.2) is 36.1 Å². The van der Waals surface area contributed by atoms with E-state index in [1.54, 1.807) is 0 Å². The first-order chi connectivity index (χ1) is 9.20. The third-order valence-corrected chi connectivity index (χ3v) is 5.87. The second kappa shape index (κ2) is 5.55. The molecule has 2 fully saturated rings. The van der Waals surface area contributed by atoms with Crippen molar-refractivity contribution in [2.45, 2.75) is 51.1 Å². The summed E-state index contributed by atoms with van der Waals surface area (Å²) in [6.07, 6.45) is 5.34. The Morgan fingerprint density at radius 1 is 1.47 bits per heavy atom. The van der Waals surface area contributed by atoms with Gasteiger partial charge in [-0.25, -0.2) is 0 Å². The van der Waals surface area contributed by atoms with Crippen LogP contribution in [0.5, 0.6) is 0 Å². The van der Waals surface area contributed by atoms with Crippen LogP contribution in [0.15, 0.2) is 17.5 Å². The van der Waals surface area contributed by atoms with Gasteiger partial charge in [0.15, 0.2) is 0 Å². The van der Waals surface area contributed by atoms with Gasteiger partial charge in [0.25, 0.3) is 0 Å². The fraction of sp³-hybridized carbons (Fsp3) is 0.750. The molecule has 0 aromatic carbocycles. The summed E-state index contributed by atoms with van der Waals surface area (Å²) in [7, 11) is 0. The lowest BCUT2D eigenvalue weighted by Crippen LogP contribution is -2.63. The minimum atomic E-state index is 0.320. The molecule has 2 atom stereocenters. The van der Waals surface area contributed by atoms with Crippen LogP contribution < -0.4 is 5.32 Å². The highest BCUT2D eigenvalue weighted by molar-refractivity contribution is 7.09. The summed E-state index contributed by atoms with van der Waals surface area (Å²) in [5.41, 5.74) is 0.320. The number of thiophene rings is 1. The van der Waals surface area contributed by atoms with E-state index in [2.05, 4.69) is 41.6 Å². The van der Waals surface area contributed by atoms with E-state index in [1.807, 2.05) is 11.3 Å². The van der Waals surface area contributed by atoms with Gasteiger partial charge in [-0.3, -0.25) is 4.90 Å². The SMILES string of the molecule is CCC1(C)CN(CCc2cccs2)C(C2CC2)CN1. The van der Waals surface area contributed by atoms with Gasteiger partial charge in [-0.2, -0.15) is 0 Å². The van der Waals surface area contributed by atoms with Crippen LogP contribution >= 0.6 is 11.3 Å². The van der Waals surface area contributed by atoms with Crippen LogP contribution in [0.4, 0.5) is 0 Å². The summed E-state index contributed by atoms with van der Waals surface area (Å²) in [6, 6.07) is 5.24. The number of piperazine rings is 1. The maximum atomic E-state index is 3.80. The molecule has 1 saturated heterocycles. The minimum Gasteiger partial charge on any atom is -0.309 e. The molecule has 2 aliphatic rings. The monoisotopic (exact) mass is 278 g/mol. The van der Waals surface area contributed by atoms with Crippen molar-refractivity contribution in [2.24, 2.45) is 5.92 Å². The molecule has 2 heterocycles. The van der Waals surface area contributed by atoms with Crippen molar-refractivity contribution < 1.29 is 0 Å². The number of rotatable bonds is 5. The van der Waals surface area contributed by atoms with E-state index >= 15 is 0 Å². The smallest absolute Gasteiger partial charge is 0.0278 e. The third-order valence-electron chi connectivity index (χ3n) is 4.93. The van der Waals surface area contributed by atoms with Gasteiger partial charge in [0.1, 0.15) is 0 Å². The molecule has 1 N–H and O–H groups in total. The van der Waals surface area contributed by atoms with Crippen molar-refractivity contribution in [2.75, 3.05) is 19.6 Å². The Balaban J connectivity index is 1.63. The molecular formula is C16H26N2S. The molecule has 2 unspecified atom stereocenters. The fourth-order valence-corrected chi connectivity index (χ4v) is 3.94. The standard InChI is InChI=1S/C16H26N2S/c1-3-16(2)12-18(9-8-14-5-4-10-19-14)15(11-17-16)13-6-7-13/h4-5,10,13,15,17H,3,6-9,11-12H2,1-2H3. The maximum absolute atomic E-state index is 3.80. The Bertz CT molecular complexity index is 399. The summed E-state index contributed by atoms with van der Waals surface area (Å²) in [4.78, 5) is 4.31. The van der Waals surface area contributed by atoms with Crippen LogP contribution in [0.25, 0.3) is 0 Å². The van der Waals surface area contributed by atoms with Crippen molar-refractivity contribution in [1.29, 1.82) is 0 Å². The van der Waals surface area contributed by atoms with E-state index in [0.717, 1.165) is 12.0 Å². The summed E-state index contributed by atoms with van der Waals surface area (Å²) >= 11 is 1.90. The average molecular weight is 278 g/mol. The molecule has 0 bridgehead atoms. The van der Waals surface area contributed by atoms with Crippen molar-refractivity contribution in [3.05, 3.63) is 22.4 Å². The highest BCUT2D eigenvalue weighted by atomic mass is 32.1. The number of nitrogens with one attached hydrogen (secondary N) is 1.